The van der Waals surface area contributed by atoms with Gasteiger partial charge < -0.3 is 4.74 Å². The summed E-state index contributed by atoms with van der Waals surface area (Å²) in [7, 11) is -1.76. The molecule has 0 fully saturated rings. The van der Waals surface area contributed by atoms with E-state index in [-0.39, 0.29) is 11.0 Å². The van der Waals surface area contributed by atoms with Crippen molar-refractivity contribution < 1.29 is 13.2 Å². The van der Waals surface area contributed by atoms with Gasteiger partial charge in [-0.05, 0) is 44.5 Å². The van der Waals surface area contributed by atoms with Crippen LogP contribution in [-0.2, 0) is 23.6 Å². The Bertz CT molecular complexity index is 797. The average Bonchev–Trinajstić information content (AvgIpc) is 2.91. The molecule has 132 valence electrons. The van der Waals surface area contributed by atoms with E-state index in [1.54, 1.807) is 29.1 Å². The molecule has 0 aliphatic heterocycles. The van der Waals surface area contributed by atoms with Crippen LogP contribution in [0.2, 0.25) is 0 Å². The van der Waals surface area contributed by atoms with Gasteiger partial charge >= 0.3 is 0 Å². The molecular weight excluding hydrogens is 326 g/mol. The molecule has 0 spiro atoms. The van der Waals surface area contributed by atoms with Gasteiger partial charge in [0, 0.05) is 31.9 Å². The van der Waals surface area contributed by atoms with Crippen LogP contribution in [0.5, 0.6) is 5.75 Å². The van der Waals surface area contributed by atoms with Gasteiger partial charge in [0.25, 0.3) is 0 Å². The van der Waals surface area contributed by atoms with Crippen molar-refractivity contribution in [1.29, 1.82) is 0 Å². The molecule has 1 heterocycles. The summed E-state index contributed by atoms with van der Waals surface area (Å²) in [5, 5.41) is 4.09. The third-order valence-corrected chi connectivity index (χ3v) is 5.53. The van der Waals surface area contributed by atoms with Crippen molar-refractivity contribution in [2.24, 2.45) is 7.05 Å². The summed E-state index contributed by atoms with van der Waals surface area (Å²) in [4.78, 5) is 0.279. The number of ether oxygens (including phenoxy) is 1. The van der Waals surface area contributed by atoms with E-state index >= 15 is 0 Å². The molecule has 0 saturated carbocycles. The van der Waals surface area contributed by atoms with Crippen LogP contribution in [0.1, 0.15) is 31.9 Å². The quantitative estimate of drug-likeness (QED) is 0.769. The van der Waals surface area contributed by atoms with Gasteiger partial charge in [0.05, 0.1) is 17.2 Å². The molecule has 7 heteroatoms. The maximum Gasteiger partial charge on any atom is 0.243 e. The molecule has 0 amide bonds. The minimum Gasteiger partial charge on any atom is -0.491 e. The zero-order valence-electron chi connectivity index (χ0n) is 14.9. The van der Waals surface area contributed by atoms with E-state index in [2.05, 4.69) is 5.10 Å². The highest BCUT2D eigenvalue weighted by atomic mass is 32.2. The summed E-state index contributed by atoms with van der Waals surface area (Å²) < 4.78 is 34.6. The number of hydrogen-bond donors (Lipinski definition) is 0. The smallest absolute Gasteiger partial charge is 0.243 e. The van der Waals surface area contributed by atoms with E-state index in [1.165, 1.54) is 4.31 Å². The predicted molar refractivity (Wildman–Crippen MR) is 93.4 cm³/mol. The van der Waals surface area contributed by atoms with Gasteiger partial charge in [-0.25, -0.2) is 8.42 Å². The van der Waals surface area contributed by atoms with Crippen molar-refractivity contribution in [2.75, 3.05) is 6.54 Å². The van der Waals surface area contributed by atoms with Crippen molar-refractivity contribution in [1.82, 2.24) is 14.1 Å². The molecule has 0 atom stereocenters. The SMILES string of the molecule is CCN(Cc1cnn(C)c1)S(=O)(=O)c1ccc(OC(C)C)c(C)c1. The van der Waals surface area contributed by atoms with Crippen molar-refractivity contribution in [3.8, 4) is 5.75 Å². The number of benzene rings is 1. The molecule has 1 aromatic carbocycles. The molecule has 0 bridgehead atoms. The second-order valence-electron chi connectivity index (χ2n) is 6.05. The molecule has 0 unspecified atom stereocenters. The number of sulfonamides is 1. The Labute approximate surface area is 144 Å². The van der Waals surface area contributed by atoms with Gasteiger partial charge in [-0.1, -0.05) is 6.92 Å². The van der Waals surface area contributed by atoms with Crippen LogP contribution in [0.15, 0.2) is 35.5 Å². The Morgan fingerprint density at radius 3 is 2.54 bits per heavy atom. The topological polar surface area (TPSA) is 64.4 Å². The largest absolute Gasteiger partial charge is 0.491 e. The second-order valence-corrected chi connectivity index (χ2v) is 7.99. The highest BCUT2D eigenvalue weighted by Crippen LogP contribution is 2.25. The molecule has 2 aromatic rings. The summed E-state index contributed by atoms with van der Waals surface area (Å²) in [5.41, 5.74) is 1.67. The fourth-order valence-corrected chi connectivity index (χ4v) is 3.96. The van der Waals surface area contributed by atoms with Crippen molar-refractivity contribution in [3.05, 3.63) is 41.7 Å². The third kappa shape index (κ3) is 4.15. The molecule has 24 heavy (non-hydrogen) atoms. The molecule has 1 aromatic heterocycles. The zero-order chi connectivity index (χ0) is 17.9. The van der Waals surface area contributed by atoms with Crippen LogP contribution in [0.4, 0.5) is 0 Å². The summed E-state index contributed by atoms with van der Waals surface area (Å²) in [6.45, 7) is 8.26. The van der Waals surface area contributed by atoms with Crippen LogP contribution in [0, 0.1) is 6.92 Å². The summed E-state index contributed by atoms with van der Waals surface area (Å²) in [6, 6.07) is 4.99. The van der Waals surface area contributed by atoms with Crippen LogP contribution >= 0.6 is 0 Å². The summed E-state index contributed by atoms with van der Waals surface area (Å²) in [6.07, 6.45) is 3.55. The maximum atomic E-state index is 12.9. The molecule has 0 saturated heterocycles. The van der Waals surface area contributed by atoms with E-state index in [1.807, 2.05) is 40.9 Å². The molecule has 0 N–H and O–H groups in total. The molecule has 0 aliphatic rings. The highest BCUT2D eigenvalue weighted by molar-refractivity contribution is 7.89. The first-order valence-corrected chi connectivity index (χ1v) is 9.43. The first-order chi connectivity index (χ1) is 11.2. The average molecular weight is 351 g/mol. The van der Waals surface area contributed by atoms with E-state index in [9.17, 15) is 8.42 Å². The van der Waals surface area contributed by atoms with E-state index < -0.39 is 10.0 Å². The number of rotatable bonds is 7. The number of hydrogen-bond acceptors (Lipinski definition) is 4. The van der Waals surface area contributed by atoms with Crippen LogP contribution in [0.25, 0.3) is 0 Å². The molecule has 6 nitrogen and oxygen atoms in total. The minimum atomic E-state index is -3.57. The Morgan fingerprint density at radius 2 is 2.04 bits per heavy atom. The van der Waals surface area contributed by atoms with Crippen molar-refractivity contribution in [3.63, 3.8) is 0 Å². The zero-order valence-corrected chi connectivity index (χ0v) is 15.7. The lowest BCUT2D eigenvalue weighted by Crippen LogP contribution is -2.30. The van der Waals surface area contributed by atoms with Crippen molar-refractivity contribution in [2.45, 2.75) is 45.2 Å². The Hall–Kier alpha value is -1.86. The van der Waals surface area contributed by atoms with E-state index in [0.29, 0.717) is 18.8 Å². The number of aromatic nitrogens is 2. The monoisotopic (exact) mass is 351 g/mol. The molecular formula is C17H25N3O3S. The second kappa shape index (κ2) is 7.36. The minimum absolute atomic E-state index is 0.0453. The van der Waals surface area contributed by atoms with Gasteiger partial charge in [-0.3, -0.25) is 4.68 Å². The van der Waals surface area contributed by atoms with E-state index in [0.717, 1.165) is 11.1 Å². The third-order valence-electron chi connectivity index (χ3n) is 3.62. The van der Waals surface area contributed by atoms with Gasteiger partial charge in [0.2, 0.25) is 10.0 Å². The van der Waals surface area contributed by atoms with E-state index in [4.69, 9.17) is 4.74 Å². The maximum absolute atomic E-state index is 12.9. The standard InChI is InChI=1S/C17H25N3O3S/c1-6-20(12-15-10-18-19(5)11-15)24(21,22)16-7-8-17(14(4)9-16)23-13(2)3/h7-11,13H,6,12H2,1-5H3. The number of aryl methyl sites for hydroxylation is 2. The lowest BCUT2D eigenvalue weighted by molar-refractivity contribution is 0.240. The molecule has 2 rings (SSSR count). The Morgan fingerprint density at radius 1 is 1.33 bits per heavy atom. The normalized spacial score (nSPS) is 12.1. The molecule has 0 aliphatic carbocycles. The first kappa shape index (κ1) is 18.5. The van der Waals surface area contributed by atoms with Gasteiger partial charge in [-0.15, -0.1) is 0 Å². The lowest BCUT2D eigenvalue weighted by atomic mass is 10.2. The summed E-state index contributed by atoms with van der Waals surface area (Å²) in [5.74, 6) is 0.708. The van der Waals surface area contributed by atoms with Crippen LogP contribution < -0.4 is 4.74 Å². The molecule has 0 radical (unpaired) electrons. The Balaban J connectivity index is 2.28. The predicted octanol–water partition coefficient (Wildman–Crippen LogP) is 2.73. The first-order valence-electron chi connectivity index (χ1n) is 7.99. The van der Waals surface area contributed by atoms with Gasteiger partial charge in [-0.2, -0.15) is 9.40 Å². The van der Waals surface area contributed by atoms with Gasteiger partial charge in [0.1, 0.15) is 5.75 Å². The highest BCUT2D eigenvalue weighted by Gasteiger charge is 2.24. The fourth-order valence-electron chi connectivity index (χ4n) is 2.44. The number of nitrogens with zero attached hydrogens (tertiary/aromatic N) is 3. The Kier molecular flexibility index (Phi) is 5.66. The lowest BCUT2D eigenvalue weighted by Gasteiger charge is -2.21. The van der Waals surface area contributed by atoms with Crippen LogP contribution in [0.3, 0.4) is 0 Å². The van der Waals surface area contributed by atoms with Gasteiger partial charge in [0.15, 0.2) is 0 Å². The van der Waals surface area contributed by atoms with Crippen molar-refractivity contribution >= 4 is 10.0 Å². The van der Waals surface area contributed by atoms with Crippen LogP contribution in [-0.4, -0.2) is 35.2 Å². The summed E-state index contributed by atoms with van der Waals surface area (Å²) >= 11 is 0. The fraction of sp³-hybridized carbons (Fsp3) is 0.471.